The number of anilines is 1. The second-order valence-electron chi connectivity index (χ2n) is 6.39. The minimum atomic E-state index is 0.500. The molecule has 4 nitrogen and oxygen atoms in total. The Labute approximate surface area is 128 Å². The standard InChI is InChI=1S/C17H29N3O/c1-13(2)18-11-16-5-6-17(19-14(16)3)20(4)12-15-7-9-21-10-8-15/h5-6,13,15,18H,7-12H2,1-4H3. The maximum atomic E-state index is 5.43. The summed E-state index contributed by atoms with van der Waals surface area (Å²) in [7, 11) is 2.14. The van der Waals surface area contributed by atoms with E-state index in [0.717, 1.165) is 43.7 Å². The van der Waals surface area contributed by atoms with Crippen LogP contribution in [0.3, 0.4) is 0 Å². The molecule has 2 heterocycles. The molecule has 2 rings (SSSR count). The summed E-state index contributed by atoms with van der Waals surface area (Å²) in [5, 5.41) is 3.45. The Kier molecular flexibility index (Phi) is 6.00. The molecule has 21 heavy (non-hydrogen) atoms. The summed E-state index contributed by atoms with van der Waals surface area (Å²) in [5.74, 6) is 1.81. The summed E-state index contributed by atoms with van der Waals surface area (Å²) >= 11 is 0. The van der Waals surface area contributed by atoms with Crippen LogP contribution in [0.15, 0.2) is 12.1 Å². The third kappa shape index (κ3) is 4.97. The van der Waals surface area contributed by atoms with E-state index in [9.17, 15) is 0 Å². The lowest BCUT2D eigenvalue weighted by atomic mass is 10.00. The first kappa shape index (κ1) is 16.2. The molecule has 0 atom stereocenters. The quantitative estimate of drug-likeness (QED) is 0.874. The van der Waals surface area contributed by atoms with Crippen molar-refractivity contribution in [2.45, 2.75) is 46.2 Å². The minimum Gasteiger partial charge on any atom is -0.381 e. The molecular weight excluding hydrogens is 262 g/mol. The molecular formula is C17H29N3O. The Hall–Kier alpha value is -1.13. The van der Waals surface area contributed by atoms with Crippen LogP contribution in [0.25, 0.3) is 0 Å². The lowest BCUT2D eigenvalue weighted by Gasteiger charge is -2.28. The number of aromatic nitrogens is 1. The molecule has 1 saturated heterocycles. The van der Waals surface area contributed by atoms with E-state index in [4.69, 9.17) is 9.72 Å². The van der Waals surface area contributed by atoms with Crippen molar-refractivity contribution in [1.29, 1.82) is 0 Å². The summed E-state index contributed by atoms with van der Waals surface area (Å²) in [4.78, 5) is 7.05. The summed E-state index contributed by atoms with van der Waals surface area (Å²) in [6.07, 6.45) is 2.33. The third-order valence-electron chi connectivity index (χ3n) is 4.15. The molecule has 1 fully saturated rings. The molecule has 0 unspecified atom stereocenters. The van der Waals surface area contributed by atoms with Gasteiger partial charge in [-0.1, -0.05) is 19.9 Å². The fourth-order valence-electron chi connectivity index (χ4n) is 2.70. The van der Waals surface area contributed by atoms with E-state index in [-0.39, 0.29) is 0 Å². The smallest absolute Gasteiger partial charge is 0.128 e. The van der Waals surface area contributed by atoms with Crippen LogP contribution in [0.4, 0.5) is 5.82 Å². The maximum absolute atomic E-state index is 5.43. The van der Waals surface area contributed by atoms with Crippen LogP contribution in [0.5, 0.6) is 0 Å². The van der Waals surface area contributed by atoms with Crippen LogP contribution in [0.1, 0.15) is 37.9 Å². The molecule has 1 aliphatic heterocycles. The van der Waals surface area contributed by atoms with Gasteiger partial charge in [0.25, 0.3) is 0 Å². The Balaban J connectivity index is 1.94. The molecule has 0 aromatic carbocycles. The van der Waals surface area contributed by atoms with E-state index in [1.807, 2.05) is 0 Å². The molecule has 4 heteroatoms. The van der Waals surface area contributed by atoms with E-state index < -0.39 is 0 Å². The Morgan fingerprint density at radius 1 is 1.33 bits per heavy atom. The number of aryl methyl sites for hydroxylation is 1. The number of ether oxygens (including phenoxy) is 1. The van der Waals surface area contributed by atoms with Crippen molar-refractivity contribution in [1.82, 2.24) is 10.3 Å². The lowest BCUT2D eigenvalue weighted by molar-refractivity contribution is 0.0685. The molecule has 0 amide bonds. The van der Waals surface area contributed by atoms with Crippen molar-refractivity contribution in [3.05, 3.63) is 23.4 Å². The fourth-order valence-corrected chi connectivity index (χ4v) is 2.70. The molecule has 1 aromatic rings. The van der Waals surface area contributed by atoms with E-state index in [0.29, 0.717) is 6.04 Å². The van der Waals surface area contributed by atoms with Gasteiger partial charge in [-0.3, -0.25) is 0 Å². The molecule has 118 valence electrons. The zero-order valence-corrected chi connectivity index (χ0v) is 13.9. The number of nitrogens with zero attached hydrogens (tertiary/aromatic N) is 2. The van der Waals surface area contributed by atoms with Gasteiger partial charge < -0.3 is 15.0 Å². The number of rotatable bonds is 6. The molecule has 0 aliphatic carbocycles. The molecule has 0 spiro atoms. The Bertz CT molecular complexity index is 442. The highest BCUT2D eigenvalue weighted by atomic mass is 16.5. The van der Waals surface area contributed by atoms with Gasteiger partial charge in [0.15, 0.2) is 0 Å². The van der Waals surface area contributed by atoms with Gasteiger partial charge in [0.1, 0.15) is 5.82 Å². The monoisotopic (exact) mass is 291 g/mol. The molecule has 0 radical (unpaired) electrons. The van der Waals surface area contributed by atoms with Crippen LogP contribution < -0.4 is 10.2 Å². The molecule has 0 saturated carbocycles. The lowest BCUT2D eigenvalue weighted by Crippen LogP contribution is -2.30. The summed E-state index contributed by atoms with van der Waals surface area (Å²) < 4.78 is 5.43. The average molecular weight is 291 g/mol. The highest BCUT2D eigenvalue weighted by Gasteiger charge is 2.16. The zero-order chi connectivity index (χ0) is 15.2. The largest absolute Gasteiger partial charge is 0.381 e. The van der Waals surface area contributed by atoms with E-state index in [2.05, 4.69) is 50.2 Å². The fraction of sp³-hybridized carbons (Fsp3) is 0.706. The van der Waals surface area contributed by atoms with Gasteiger partial charge in [-0.15, -0.1) is 0 Å². The van der Waals surface area contributed by atoms with Crippen LogP contribution in [-0.4, -0.2) is 37.8 Å². The maximum Gasteiger partial charge on any atom is 0.128 e. The summed E-state index contributed by atoms with van der Waals surface area (Å²) in [6, 6.07) is 4.84. The van der Waals surface area contributed by atoms with E-state index in [1.165, 1.54) is 18.4 Å². The molecule has 0 bridgehead atoms. The second-order valence-corrected chi connectivity index (χ2v) is 6.39. The molecule has 1 aliphatic rings. The number of hydrogen-bond acceptors (Lipinski definition) is 4. The van der Waals surface area contributed by atoms with Gasteiger partial charge in [-0.05, 0) is 37.3 Å². The van der Waals surface area contributed by atoms with Gasteiger partial charge in [0, 0.05) is 45.1 Å². The molecule has 1 N–H and O–H groups in total. The molecule has 1 aromatic heterocycles. The van der Waals surface area contributed by atoms with Crippen LogP contribution in [-0.2, 0) is 11.3 Å². The predicted octanol–water partition coefficient (Wildman–Crippen LogP) is 2.75. The van der Waals surface area contributed by atoms with Crippen molar-refractivity contribution in [3.8, 4) is 0 Å². The number of nitrogens with one attached hydrogen (secondary N) is 1. The van der Waals surface area contributed by atoms with Crippen molar-refractivity contribution in [2.24, 2.45) is 5.92 Å². The Morgan fingerprint density at radius 3 is 2.67 bits per heavy atom. The third-order valence-corrected chi connectivity index (χ3v) is 4.15. The van der Waals surface area contributed by atoms with Gasteiger partial charge in [0.05, 0.1) is 0 Å². The van der Waals surface area contributed by atoms with Crippen LogP contribution in [0.2, 0.25) is 0 Å². The summed E-state index contributed by atoms with van der Waals surface area (Å²) in [6.45, 7) is 10.2. The van der Waals surface area contributed by atoms with Crippen molar-refractivity contribution in [2.75, 3.05) is 31.7 Å². The average Bonchev–Trinajstić information content (AvgIpc) is 2.46. The topological polar surface area (TPSA) is 37.4 Å². The SMILES string of the molecule is Cc1nc(N(C)CC2CCOCC2)ccc1CNC(C)C. The van der Waals surface area contributed by atoms with Gasteiger partial charge in [-0.2, -0.15) is 0 Å². The number of hydrogen-bond donors (Lipinski definition) is 1. The van der Waals surface area contributed by atoms with E-state index in [1.54, 1.807) is 0 Å². The van der Waals surface area contributed by atoms with Crippen molar-refractivity contribution >= 4 is 5.82 Å². The zero-order valence-electron chi connectivity index (χ0n) is 13.9. The second kappa shape index (κ2) is 7.76. The first-order valence-electron chi connectivity index (χ1n) is 8.05. The van der Waals surface area contributed by atoms with Crippen LogP contribution >= 0.6 is 0 Å². The highest BCUT2D eigenvalue weighted by molar-refractivity contribution is 5.41. The highest BCUT2D eigenvalue weighted by Crippen LogP contribution is 2.20. The van der Waals surface area contributed by atoms with Gasteiger partial charge >= 0.3 is 0 Å². The normalized spacial score (nSPS) is 16.4. The minimum absolute atomic E-state index is 0.500. The summed E-state index contributed by atoms with van der Waals surface area (Å²) in [5.41, 5.74) is 2.41. The van der Waals surface area contributed by atoms with E-state index >= 15 is 0 Å². The first-order valence-corrected chi connectivity index (χ1v) is 8.05. The van der Waals surface area contributed by atoms with Crippen molar-refractivity contribution < 1.29 is 4.74 Å². The Morgan fingerprint density at radius 2 is 2.05 bits per heavy atom. The number of pyridine rings is 1. The van der Waals surface area contributed by atoms with Gasteiger partial charge in [0.2, 0.25) is 0 Å². The van der Waals surface area contributed by atoms with Crippen molar-refractivity contribution in [3.63, 3.8) is 0 Å². The van der Waals surface area contributed by atoms with Crippen LogP contribution in [0, 0.1) is 12.8 Å². The van der Waals surface area contributed by atoms with Gasteiger partial charge in [-0.25, -0.2) is 4.98 Å². The predicted molar refractivity (Wildman–Crippen MR) is 87.8 cm³/mol. The first-order chi connectivity index (χ1) is 10.1.